The summed E-state index contributed by atoms with van der Waals surface area (Å²) in [5, 5.41) is 0. The topological polar surface area (TPSA) is 78.8 Å². The van der Waals surface area contributed by atoms with Gasteiger partial charge < -0.3 is 18.9 Å². The van der Waals surface area contributed by atoms with Crippen LogP contribution in [-0.4, -0.2) is 44.1 Å². The lowest BCUT2D eigenvalue weighted by Crippen LogP contribution is -2.23. The smallest absolute Gasteiger partial charge is 0.206 e. The van der Waals surface area contributed by atoms with Gasteiger partial charge in [-0.25, -0.2) is 5.90 Å². The summed E-state index contributed by atoms with van der Waals surface area (Å²) in [6, 6.07) is 0. The molecular weight excluding hydrogens is 202 g/mol. The molecule has 6 atom stereocenters. The van der Waals surface area contributed by atoms with Gasteiger partial charge in [-0.3, -0.25) is 4.84 Å². The molecule has 0 aromatic rings. The fourth-order valence-electron chi connectivity index (χ4n) is 2.22. The fourth-order valence-corrected chi connectivity index (χ4v) is 2.22. The van der Waals surface area contributed by atoms with Crippen LogP contribution in [0.4, 0.5) is 0 Å². The molecule has 15 heavy (non-hydrogen) atoms. The van der Waals surface area contributed by atoms with E-state index in [1.807, 2.05) is 0 Å². The van der Waals surface area contributed by atoms with Crippen molar-refractivity contribution in [3.05, 3.63) is 0 Å². The highest BCUT2D eigenvalue weighted by molar-refractivity contribution is 4.95. The van der Waals surface area contributed by atoms with Gasteiger partial charge in [-0.15, -0.1) is 0 Å². The Balaban J connectivity index is 1.48. The highest BCUT2D eigenvalue weighted by Gasteiger charge is 2.54. The van der Waals surface area contributed by atoms with Crippen molar-refractivity contribution in [2.45, 2.75) is 49.8 Å². The molecule has 6 heteroatoms. The fraction of sp³-hybridized carbons (Fsp3) is 1.00. The summed E-state index contributed by atoms with van der Waals surface area (Å²) in [5.74, 6) is 5.02. The summed E-state index contributed by atoms with van der Waals surface area (Å²) in [6.45, 7) is 0. The van der Waals surface area contributed by atoms with E-state index in [0.29, 0.717) is 0 Å². The van der Waals surface area contributed by atoms with Crippen LogP contribution in [-0.2, 0) is 23.8 Å². The zero-order chi connectivity index (χ0) is 10.4. The van der Waals surface area contributed by atoms with E-state index in [2.05, 4.69) is 4.84 Å². The number of epoxide rings is 2. The quantitative estimate of drug-likeness (QED) is 0.506. The van der Waals surface area contributed by atoms with E-state index >= 15 is 0 Å². The van der Waals surface area contributed by atoms with Crippen molar-refractivity contribution in [1.82, 2.24) is 0 Å². The highest BCUT2D eigenvalue weighted by Crippen LogP contribution is 2.40. The Morgan fingerprint density at radius 3 is 2.07 bits per heavy atom. The molecule has 0 spiro atoms. The molecule has 3 saturated heterocycles. The van der Waals surface area contributed by atoms with Crippen molar-refractivity contribution in [1.29, 1.82) is 0 Å². The molecule has 3 fully saturated rings. The van der Waals surface area contributed by atoms with Gasteiger partial charge in [0, 0.05) is 7.11 Å². The first-order valence-electron chi connectivity index (χ1n) is 5.18. The first-order valence-corrected chi connectivity index (χ1v) is 5.18. The Bertz CT molecular complexity index is 227. The second-order valence-corrected chi connectivity index (χ2v) is 4.10. The minimum absolute atomic E-state index is 0.000236. The maximum Gasteiger partial charge on any atom is 0.206 e. The van der Waals surface area contributed by atoms with Gasteiger partial charge in [-0.2, -0.15) is 0 Å². The van der Waals surface area contributed by atoms with E-state index in [4.69, 9.17) is 24.8 Å². The van der Waals surface area contributed by atoms with Gasteiger partial charge in [0.25, 0.3) is 0 Å². The van der Waals surface area contributed by atoms with Crippen LogP contribution in [0.5, 0.6) is 0 Å². The first kappa shape index (κ1) is 9.95. The summed E-state index contributed by atoms with van der Waals surface area (Å²) in [4.78, 5) is 4.58. The van der Waals surface area contributed by atoms with Gasteiger partial charge in [0.15, 0.2) is 6.29 Å². The van der Waals surface area contributed by atoms with Gasteiger partial charge in [-0.1, -0.05) is 0 Å². The monoisotopic (exact) mass is 217 g/mol. The third-order valence-corrected chi connectivity index (χ3v) is 3.15. The predicted octanol–water partition coefficient (Wildman–Crippen LogP) is -0.479. The number of hydrogen-bond acceptors (Lipinski definition) is 6. The molecule has 6 unspecified atom stereocenters. The maximum atomic E-state index is 5.81. The maximum absolute atomic E-state index is 5.81. The van der Waals surface area contributed by atoms with Gasteiger partial charge in [0.05, 0.1) is 12.2 Å². The van der Waals surface area contributed by atoms with Gasteiger partial charge >= 0.3 is 0 Å². The van der Waals surface area contributed by atoms with Crippen LogP contribution in [0.15, 0.2) is 0 Å². The molecule has 0 aliphatic carbocycles. The van der Waals surface area contributed by atoms with Crippen molar-refractivity contribution < 1.29 is 23.8 Å². The lowest BCUT2D eigenvalue weighted by atomic mass is 10.1. The summed E-state index contributed by atoms with van der Waals surface area (Å²) >= 11 is 0. The van der Waals surface area contributed by atoms with Crippen LogP contribution in [0, 0.1) is 0 Å². The van der Waals surface area contributed by atoms with Crippen LogP contribution in [0.2, 0.25) is 0 Å². The van der Waals surface area contributed by atoms with Crippen LogP contribution in [0.1, 0.15) is 12.8 Å². The van der Waals surface area contributed by atoms with Crippen LogP contribution >= 0.6 is 0 Å². The van der Waals surface area contributed by atoms with Crippen molar-refractivity contribution in [2.75, 3.05) is 7.11 Å². The average molecular weight is 217 g/mol. The molecule has 3 aliphatic rings. The number of methoxy groups -OCH3 is 1. The van der Waals surface area contributed by atoms with Crippen molar-refractivity contribution in [2.24, 2.45) is 5.90 Å². The molecular formula is C9H15NO5. The molecule has 0 bridgehead atoms. The normalized spacial score (nSPS) is 53.2. The summed E-state index contributed by atoms with van der Waals surface area (Å²) in [5.41, 5.74) is 0. The minimum atomic E-state index is -0.285. The molecule has 3 heterocycles. The molecule has 0 aromatic carbocycles. The predicted molar refractivity (Wildman–Crippen MR) is 47.5 cm³/mol. The summed E-state index contributed by atoms with van der Waals surface area (Å²) < 4.78 is 21.4. The zero-order valence-electron chi connectivity index (χ0n) is 8.50. The Hall–Kier alpha value is -0.240. The van der Waals surface area contributed by atoms with Crippen LogP contribution < -0.4 is 5.90 Å². The molecule has 0 radical (unpaired) electrons. The zero-order valence-corrected chi connectivity index (χ0v) is 8.50. The molecule has 0 amide bonds. The molecule has 86 valence electrons. The second-order valence-electron chi connectivity index (χ2n) is 4.10. The Labute approximate surface area is 87.5 Å². The van der Waals surface area contributed by atoms with E-state index in [-0.39, 0.29) is 37.0 Å². The Kier molecular flexibility index (Phi) is 2.42. The van der Waals surface area contributed by atoms with Crippen molar-refractivity contribution >= 4 is 0 Å². The molecule has 3 aliphatic heterocycles. The minimum Gasteiger partial charge on any atom is -0.369 e. The number of rotatable bonds is 4. The SMILES string of the molecule is COC1OC1C1CCC(C2OC2ON)O1. The van der Waals surface area contributed by atoms with Crippen LogP contribution in [0.25, 0.3) is 0 Å². The highest BCUT2D eigenvalue weighted by atomic mass is 16.8. The second kappa shape index (κ2) is 3.65. The Morgan fingerprint density at radius 1 is 1.00 bits per heavy atom. The summed E-state index contributed by atoms with van der Waals surface area (Å²) in [7, 11) is 1.64. The van der Waals surface area contributed by atoms with E-state index in [9.17, 15) is 0 Å². The van der Waals surface area contributed by atoms with Crippen LogP contribution in [0.3, 0.4) is 0 Å². The first-order chi connectivity index (χ1) is 7.33. The number of ether oxygens (including phenoxy) is 4. The third-order valence-electron chi connectivity index (χ3n) is 3.15. The van der Waals surface area contributed by atoms with E-state index in [1.165, 1.54) is 0 Å². The molecule has 2 N–H and O–H groups in total. The Morgan fingerprint density at radius 2 is 1.60 bits per heavy atom. The standard InChI is InChI=1S/C9H15NO5/c1-11-8-6(13-8)4-2-3-5(12-4)7-9(14-7)15-10/h4-9H,2-3,10H2,1H3. The molecule has 0 saturated carbocycles. The average Bonchev–Trinajstić information content (AvgIpc) is 3.17. The third kappa shape index (κ3) is 1.77. The molecule has 0 aromatic heterocycles. The number of hydrogen-bond donors (Lipinski definition) is 1. The van der Waals surface area contributed by atoms with Gasteiger partial charge in [-0.05, 0) is 12.8 Å². The molecule has 3 rings (SSSR count). The van der Waals surface area contributed by atoms with E-state index in [0.717, 1.165) is 12.8 Å². The van der Waals surface area contributed by atoms with Gasteiger partial charge in [0.1, 0.15) is 12.2 Å². The number of nitrogens with two attached hydrogens (primary N) is 1. The van der Waals surface area contributed by atoms with Crippen molar-refractivity contribution in [3.63, 3.8) is 0 Å². The summed E-state index contributed by atoms with van der Waals surface area (Å²) in [6.07, 6.45) is 1.88. The lowest BCUT2D eigenvalue weighted by molar-refractivity contribution is 0.0138. The van der Waals surface area contributed by atoms with E-state index < -0.39 is 0 Å². The largest absolute Gasteiger partial charge is 0.369 e. The van der Waals surface area contributed by atoms with Crippen molar-refractivity contribution in [3.8, 4) is 0 Å². The lowest BCUT2D eigenvalue weighted by Gasteiger charge is -2.09. The molecule has 6 nitrogen and oxygen atoms in total. The van der Waals surface area contributed by atoms with E-state index in [1.54, 1.807) is 7.11 Å². The van der Waals surface area contributed by atoms with Gasteiger partial charge in [0.2, 0.25) is 6.29 Å².